The molecule has 3 aromatic rings. The Bertz CT molecular complexity index is 1140. The summed E-state index contributed by atoms with van der Waals surface area (Å²) in [6.07, 6.45) is 1.80. The molecule has 1 unspecified atom stereocenters. The van der Waals surface area contributed by atoms with Crippen molar-refractivity contribution in [2.75, 3.05) is 11.9 Å². The van der Waals surface area contributed by atoms with Crippen LogP contribution >= 0.6 is 23.4 Å². The zero-order valence-corrected chi connectivity index (χ0v) is 19.6. The summed E-state index contributed by atoms with van der Waals surface area (Å²) in [6.45, 7) is 0.551. The molecule has 0 aromatic heterocycles. The highest BCUT2D eigenvalue weighted by molar-refractivity contribution is 8.15. The van der Waals surface area contributed by atoms with Gasteiger partial charge >= 0.3 is 0 Å². The van der Waals surface area contributed by atoms with Crippen LogP contribution in [0.3, 0.4) is 0 Å². The van der Waals surface area contributed by atoms with Crippen LogP contribution in [-0.2, 0) is 16.0 Å². The van der Waals surface area contributed by atoms with Gasteiger partial charge in [-0.25, -0.2) is 4.99 Å². The summed E-state index contributed by atoms with van der Waals surface area (Å²) in [5, 5.41) is 3.39. The number of nitrogens with one attached hydrogen (secondary N) is 1. The number of rotatable bonds is 7. The minimum absolute atomic E-state index is 0.0947. The van der Waals surface area contributed by atoms with Crippen molar-refractivity contribution in [1.82, 2.24) is 4.90 Å². The number of aliphatic imine (C=N–C) groups is 1. The molecule has 168 valence electrons. The van der Waals surface area contributed by atoms with Gasteiger partial charge in [-0.3, -0.25) is 14.5 Å². The topological polar surface area (TPSA) is 61.8 Å². The van der Waals surface area contributed by atoms with E-state index in [-0.39, 0.29) is 18.2 Å². The van der Waals surface area contributed by atoms with E-state index in [2.05, 4.69) is 17.4 Å². The van der Waals surface area contributed by atoms with Gasteiger partial charge in [-0.1, -0.05) is 78.0 Å². The Hall–Kier alpha value is -3.09. The summed E-state index contributed by atoms with van der Waals surface area (Å²) in [6, 6.07) is 26.7. The predicted molar refractivity (Wildman–Crippen MR) is 136 cm³/mol. The lowest BCUT2D eigenvalue weighted by atomic mass is 10.1. The van der Waals surface area contributed by atoms with Gasteiger partial charge in [-0.2, -0.15) is 0 Å². The van der Waals surface area contributed by atoms with Crippen LogP contribution in [-0.4, -0.2) is 33.7 Å². The van der Waals surface area contributed by atoms with Crippen molar-refractivity contribution in [1.29, 1.82) is 0 Å². The highest BCUT2D eigenvalue weighted by atomic mass is 35.5. The third-order valence-corrected chi connectivity index (χ3v) is 6.62. The van der Waals surface area contributed by atoms with Gasteiger partial charge in [0.05, 0.1) is 5.69 Å². The van der Waals surface area contributed by atoms with Crippen LogP contribution in [0.25, 0.3) is 0 Å². The molecule has 0 saturated carbocycles. The van der Waals surface area contributed by atoms with Crippen LogP contribution in [0.5, 0.6) is 0 Å². The van der Waals surface area contributed by atoms with Crippen LogP contribution in [0.4, 0.5) is 11.4 Å². The lowest BCUT2D eigenvalue weighted by Crippen LogP contribution is -2.45. The van der Waals surface area contributed by atoms with Gasteiger partial charge in [0.25, 0.3) is 0 Å². The van der Waals surface area contributed by atoms with E-state index in [1.54, 1.807) is 29.2 Å². The number of amidine groups is 1. The molecule has 5 nitrogen and oxygen atoms in total. The lowest BCUT2D eigenvalue weighted by molar-refractivity contribution is -0.129. The Morgan fingerprint density at radius 1 is 1.03 bits per heavy atom. The molecule has 1 N–H and O–H groups in total. The molecule has 2 amide bonds. The van der Waals surface area contributed by atoms with Crippen LogP contribution in [0.2, 0.25) is 5.02 Å². The maximum absolute atomic E-state index is 13.1. The van der Waals surface area contributed by atoms with Crippen molar-refractivity contribution in [3.8, 4) is 0 Å². The van der Waals surface area contributed by atoms with Gasteiger partial charge in [-0.15, -0.1) is 0 Å². The standard InChI is InChI=1S/C26H24ClN3O2S/c27-20-12-7-15-22(17-20)28-25(32)23-18-24(31)30(16-8-11-19-9-3-1-4-10-19)26(33-23)29-21-13-5-2-6-14-21/h1-7,9-10,12-15,17,23H,8,11,16,18H2,(H,28,32). The van der Waals surface area contributed by atoms with E-state index in [1.165, 1.54) is 17.3 Å². The highest BCUT2D eigenvalue weighted by Crippen LogP contribution is 2.30. The summed E-state index contributed by atoms with van der Waals surface area (Å²) < 4.78 is 0. The first-order valence-electron chi connectivity index (χ1n) is 10.8. The molecule has 3 aromatic carbocycles. The SMILES string of the molecule is O=C(Nc1cccc(Cl)c1)C1CC(=O)N(CCCc2ccccc2)C(=Nc2ccccc2)S1. The van der Waals surface area contributed by atoms with E-state index < -0.39 is 5.25 Å². The molecule has 1 aliphatic rings. The van der Waals surface area contributed by atoms with E-state index in [9.17, 15) is 9.59 Å². The molecule has 33 heavy (non-hydrogen) atoms. The number of amides is 2. The molecule has 0 aliphatic carbocycles. The lowest BCUT2D eigenvalue weighted by Gasteiger charge is -2.32. The second-order valence-electron chi connectivity index (χ2n) is 7.67. The Morgan fingerprint density at radius 2 is 1.76 bits per heavy atom. The number of carbonyl (C=O) groups is 2. The number of para-hydroxylation sites is 1. The fourth-order valence-electron chi connectivity index (χ4n) is 3.55. The molecule has 1 saturated heterocycles. The molecule has 1 heterocycles. The van der Waals surface area contributed by atoms with Gasteiger partial charge in [-0.05, 0) is 48.7 Å². The fraction of sp³-hybridized carbons (Fsp3) is 0.192. The van der Waals surface area contributed by atoms with Crippen LogP contribution in [0.1, 0.15) is 18.4 Å². The molecule has 0 bridgehead atoms. The maximum atomic E-state index is 13.1. The average molecular weight is 478 g/mol. The Morgan fingerprint density at radius 3 is 2.48 bits per heavy atom. The van der Waals surface area contributed by atoms with E-state index in [0.29, 0.717) is 22.4 Å². The van der Waals surface area contributed by atoms with Crippen molar-refractivity contribution in [3.63, 3.8) is 0 Å². The summed E-state index contributed by atoms with van der Waals surface area (Å²) in [4.78, 5) is 32.4. The second kappa shape index (κ2) is 11.2. The Balaban J connectivity index is 1.49. The van der Waals surface area contributed by atoms with E-state index in [1.807, 2.05) is 48.5 Å². The number of benzene rings is 3. The van der Waals surface area contributed by atoms with Gasteiger partial charge in [0.1, 0.15) is 5.25 Å². The molecule has 0 spiro atoms. The smallest absolute Gasteiger partial charge is 0.238 e. The quantitative estimate of drug-likeness (QED) is 0.458. The van der Waals surface area contributed by atoms with E-state index in [4.69, 9.17) is 16.6 Å². The maximum Gasteiger partial charge on any atom is 0.238 e. The van der Waals surface area contributed by atoms with Crippen LogP contribution in [0, 0.1) is 0 Å². The zero-order valence-electron chi connectivity index (χ0n) is 18.0. The van der Waals surface area contributed by atoms with Crippen LogP contribution < -0.4 is 5.32 Å². The number of carbonyl (C=O) groups excluding carboxylic acids is 2. The number of hydrogen-bond donors (Lipinski definition) is 1. The number of nitrogens with zero attached hydrogens (tertiary/aromatic N) is 2. The molecular weight excluding hydrogens is 454 g/mol. The molecule has 1 atom stereocenters. The number of halogens is 1. The zero-order chi connectivity index (χ0) is 23.0. The van der Waals surface area contributed by atoms with E-state index >= 15 is 0 Å². The third kappa shape index (κ3) is 6.46. The average Bonchev–Trinajstić information content (AvgIpc) is 2.82. The van der Waals surface area contributed by atoms with Crippen molar-refractivity contribution >= 4 is 51.7 Å². The molecule has 7 heteroatoms. The number of aryl methyl sites for hydroxylation is 1. The Labute approximate surface area is 202 Å². The number of hydrogen-bond acceptors (Lipinski definition) is 4. The van der Waals surface area contributed by atoms with Gasteiger partial charge in [0.15, 0.2) is 5.17 Å². The van der Waals surface area contributed by atoms with Gasteiger partial charge in [0, 0.05) is 23.7 Å². The normalized spacial score (nSPS) is 17.2. The molecule has 4 rings (SSSR count). The molecule has 1 aliphatic heterocycles. The molecular formula is C26H24ClN3O2S. The third-order valence-electron chi connectivity index (χ3n) is 5.20. The van der Waals surface area contributed by atoms with Crippen molar-refractivity contribution in [2.24, 2.45) is 4.99 Å². The number of thioether (sulfide) groups is 1. The monoisotopic (exact) mass is 477 g/mol. The van der Waals surface area contributed by atoms with Crippen LogP contribution in [0.15, 0.2) is 89.9 Å². The predicted octanol–water partition coefficient (Wildman–Crippen LogP) is 5.93. The van der Waals surface area contributed by atoms with E-state index in [0.717, 1.165) is 18.5 Å². The first kappa shape index (κ1) is 23.1. The largest absolute Gasteiger partial charge is 0.325 e. The summed E-state index contributed by atoms with van der Waals surface area (Å²) in [7, 11) is 0. The molecule has 1 fully saturated rings. The summed E-state index contributed by atoms with van der Waals surface area (Å²) in [5.74, 6) is -0.331. The number of anilines is 1. The van der Waals surface area contributed by atoms with Gasteiger partial charge < -0.3 is 5.32 Å². The summed E-state index contributed by atoms with van der Waals surface area (Å²) >= 11 is 7.35. The van der Waals surface area contributed by atoms with Crippen molar-refractivity contribution in [3.05, 3.63) is 95.5 Å². The van der Waals surface area contributed by atoms with Gasteiger partial charge in [0.2, 0.25) is 11.8 Å². The summed E-state index contributed by atoms with van der Waals surface area (Å²) in [5.41, 5.74) is 2.58. The highest BCUT2D eigenvalue weighted by Gasteiger charge is 2.35. The fourth-order valence-corrected chi connectivity index (χ4v) is 4.86. The first-order chi connectivity index (χ1) is 16.1. The minimum atomic E-state index is -0.565. The van der Waals surface area contributed by atoms with Crippen molar-refractivity contribution in [2.45, 2.75) is 24.5 Å². The minimum Gasteiger partial charge on any atom is -0.325 e. The molecule has 0 radical (unpaired) electrons. The Kier molecular flexibility index (Phi) is 7.81. The second-order valence-corrected chi connectivity index (χ2v) is 9.28. The first-order valence-corrected chi connectivity index (χ1v) is 12.1. The van der Waals surface area contributed by atoms with Crippen molar-refractivity contribution < 1.29 is 9.59 Å².